The lowest BCUT2D eigenvalue weighted by atomic mass is 9.95. The van der Waals surface area contributed by atoms with Crippen LogP contribution in [-0.2, 0) is 4.79 Å². The number of amides is 1. The Morgan fingerprint density at radius 1 is 1.35 bits per heavy atom. The first-order chi connectivity index (χ1) is 9.69. The highest BCUT2D eigenvalue weighted by Gasteiger charge is 2.16. The maximum absolute atomic E-state index is 13.5. The van der Waals surface area contributed by atoms with Crippen LogP contribution >= 0.6 is 0 Å². The predicted octanol–water partition coefficient (Wildman–Crippen LogP) is 2.47. The minimum absolute atomic E-state index is 0.0191. The Balaban J connectivity index is 1.82. The molecule has 0 heterocycles. The quantitative estimate of drug-likeness (QED) is 0.842. The highest BCUT2D eigenvalue weighted by molar-refractivity contribution is 5.78. The van der Waals surface area contributed by atoms with E-state index in [4.69, 9.17) is 4.74 Å². The van der Waals surface area contributed by atoms with Crippen molar-refractivity contribution in [1.29, 1.82) is 0 Å². The number of hydrogen-bond acceptors (Lipinski definition) is 3. The number of ether oxygens (including phenoxy) is 1. The molecule has 0 atom stereocenters. The third-order valence-electron chi connectivity index (χ3n) is 3.42. The first kappa shape index (κ1) is 14.5. The zero-order valence-electron chi connectivity index (χ0n) is 11.2. The molecule has 108 valence electrons. The van der Waals surface area contributed by atoms with Gasteiger partial charge < -0.3 is 10.1 Å². The van der Waals surface area contributed by atoms with Crippen LogP contribution in [0, 0.1) is 5.82 Å². The molecule has 0 radical (unpaired) electrons. The number of halogens is 1. The predicted molar refractivity (Wildman–Crippen MR) is 72.3 cm³/mol. The molecule has 1 N–H and O–H groups in total. The number of hydrogen-bond donors (Lipinski definition) is 1. The third-order valence-corrected chi connectivity index (χ3v) is 3.42. The fraction of sp³-hybridized carbons (Fsp3) is 0.467. The van der Waals surface area contributed by atoms with Crippen LogP contribution in [0.25, 0.3) is 0 Å². The average Bonchev–Trinajstić information content (AvgIpc) is 2.47. The fourth-order valence-corrected chi connectivity index (χ4v) is 2.37. The van der Waals surface area contributed by atoms with Gasteiger partial charge in [0.2, 0.25) is 0 Å². The summed E-state index contributed by atoms with van der Waals surface area (Å²) in [4.78, 5) is 22.2. The molecule has 0 aromatic heterocycles. The molecule has 1 saturated carbocycles. The molecule has 0 aliphatic heterocycles. The molecule has 0 saturated heterocycles. The molecule has 1 fully saturated rings. The smallest absolute Gasteiger partial charge is 0.258 e. The van der Waals surface area contributed by atoms with Gasteiger partial charge in [-0.25, -0.2) is 4.39 Å². The van der Waals surface area contributed by atoms with Crippen LogP contribution in [0.2, 0.25) is 0 Å². The lowest BCUT2D eigenvalue weighted by Gasteiger charge is -2.22. The Morgan fingerprint density at radius 2 is 2.10 bits per heavy atom. The lowest BCUT2D eigenvalue weighted by molar-refractivity contribution is -0.124. The van der Waals surface area contributed by atoms with Crippen molar-refractivity contribution in [2.24, 2.45) is 0 Å². The van der Waals surface area contributed by atoms with Crippen molar-refractivity contribution >= 4 is 12.2 Å². The van der Waals surface area contributed by atoms with Crippen LogP contribution < -0.4 is 10.1 Å². The second kappa shape index (κ2) is 7.03. The van der Waals surface area contributed by atoms with Gasteiger partial charge in [-0.05, 0) is 31.0 Å². The molecule has 0 unspecified atom stereocenters. The average molecular weight is 279 g/mol. The molecule has 1 aliphatic carbocycles. The van der Waals surface area contributed by atoms with Crippen molar-refractivity contribution in [2.45, 2.75) is 38.1 Å². The maximum Gasteiger partial charge on any atom is 0.258 e. The second-order valence-corrected chi connectivity index (χ2v) is 5.00. The minimum atomic E-state index is -0.639. The van der Waals surface area contributed by atoms with E-state index >= 15 is 0 Å². The van der Waals surface area contributed by atoms with E-state index in [0.717, 1.165) is 31.7 Å². The van der Waals surface area contributed by atoms with E-state index < -0.39 is 5.82 Å². The third kappa shape index (κ3) is 4.05. The van der Waals surface area contributed by atoms with Gasteiger partial charge in [0.25, 0.3) is 5.91 Å². The number of aldehydes is 1. The molecule has 2 rings (SSSR count). The number of benzene rings is 1. The van der Waals surface area contributed by atoms with E-state index in [1.54, 1.807) is 0 Å². The first-order valence-electron chi connectivity index (χ1n) is 6.86. The summed E-state index contributed by atoms with van der Waals surface area (Å²) in [6, 6.07) is 4.10. The van der Waals surface area contributed by atoms with Crippen molar-refractivity contribution in [3.63, 3.8) is 0 Å². The Kier molecular flexibility index (Phi) is 5.09. The van der Waals surface area contributed by atoms with E-state index in [1.807, 2.05) is 0 Å². The normalized spacial score (nSPS) is 15.7. The van der Waals surface area contributed by atoms with Gasteiger partial charge in [-0.15, -0.1) is 0 Å². The molecular formula is C15H18FNO3. The largest absolute Gasteiger partial charge is 0.481 e. The standard InChI is InChI=1S/C15H18FNO3/c16-13-8-11(9-18)6-7-14(13)20-10-15(19)17-12-4-2-1-3-5-12/h6-9,12H,1-5,10H2,(H,17,19). The molecular weight excluding hydrogens is 261 g/mol. The Bertz CT molecular complexity index is 484. The van der Waals surface area contributed by atoms with Gasteiger partial charge >= 0.3 is 0 Å². The van der Waals surface area contributed by atoms with Crippen LogP contribution in [0.15, 0.2) is 18.2 Å². The van der Waals surface area contributed by atoms with Gasteiger partial charge in [0, 0.05) is 11.6 Å². The minimum Gasteiger partial charge on any atom is -0.481 e. The fourth-order valence-electron chi connectivity index (χ4n) is 2.37. The SMILES string of the molecule is O=Cc1ccc(OCC(=O)NC2CCCCC2)c(F)c1. The summed E-state index contributed by atoms with van der Waals surface area (Å²) in [5.74, 6) is -0.898. The van der Waals surface area contributed by atoms with Gasteiger partial charge in [0.15, 0.2) is 18.2 Å². The summed E-state index contributed by atoms with van der Waals surface area (Å²) in [5.41, 5.74) is 0.238. The van der Waals surface area contributed by atoms with E-state index in [9.17, 15) is 14.0 Å². The van der Waals surface area contributed by atoms with Crippen LogP contribution in [0.3, 0.4) is 0 Å². The van der Waals surface area contributed by atoms with Crippen molar-refractivity contribution in [3.05, 3.63) is 29.6 Å². The summed E-state index contributed by atoms with van der Waals surface area (Å²) in [6.45, 7) is -0.214. The second-order valence-electron chi connectivity index (χ2n) is 5.00. The summed E-state index contributed by atoms with van der Waals surface area (Å²) in [7, 11) is 0. The number of rotatable bonds is 5. The molecule has 0 spiro atoms. The summed E-state index contributed by atoms with van der Waals surface area (Å²) in [5, 5.41) is 2.89. The highest BCUT2D eigenvalue weighted by atomic mass is 19.1. The molecule has 1 aromatic carbocycles. The Hall–Kier alpha value is -1.91. The molecule has 1 amide bonds. The van der Waals surface area contributed by atoms with Crippen molar-refractivity contribution in [3.8, 4) is 5.75 Å². The van der Waals surface area contributed by atoms with Crippen LogP contribution in [-0.4, -0.2) is 24.8 Å². The van der Waals surface area contributed by atoms with Gasteiger partial charge in [-0.2, -0.15) is 0 Å². The first-order valence-corrected chi connectivity index (χ1v) is 6.86. The molecule has 1 aromatic rings. The van der Waals surface area contributed by atoms with Gasteiger partial charge in [-0.1, -0.05) is 19.3 Å². The van der Waals surface area contributed by atoms with Crippen molar-refractivity contribution in [2.75, 3.05) is 6.61 Å². The van der Waals surface area contributed by atoms with Crippen LogP contribution in [0.1, 0.15) is 42.5 Å². The van der Waals surface area contributed by atoms with Crippen LogP contribution in [0.5, 0.6) is 5.75 Å². The summed E-state index contributed by atoms with van der Waals surface area (Å²) in [6.07, 6.45) is 6.03. The van der Waals surface area contributed by atoms with Gasteiger partial charge in [0.1, 0.15) is 6.29 Å². The highest BCUT2D eigenvalue weighted by Crippen LogP contribution is 2.18. The molecule has 1 aliphatic rings. The van der Waals surface area contributed by atoms with E-state index in [0.29, 0.717) is 6.29 Å². The molecule has 0 bridgehead atoms. The number of carbonyl (C=O) groups excluding carboxylic acids is 2. The van der Waals surface area contributed by atoms with Crippen LogP contribution in [0.4, 0.5) is 4.39 Å². The Labute approximate surface area is 117 Å². The Morgan fingerprint density at radius 3 is 2.75 bits per heavy atom. The number of carbonyl (C=O) groups is 2. The van der Waals surface area contributed by atoms with E-state index in [2.05, 4.69) is 5.32 Å². The van der Waals surface area contributed by atoms with Crippen molar-refractivity contribution < 1.29 is 18.7 Å². The topological polar surface area (TPSA) is 55.4 Å². The molecule has 20 heavy (non-hydrogen) atoms. The zero-order valence-corrected chi connectivity index (χ0v) is 11.2. The maximum atomic E-state index is 13.5. The zero-order chi connectivity index (χ0) is 14.4. The van der Waals surface area contributed by atoms with E-state index in [-0.39, 0.29) is 29.9 Å². The van der Waals surface area contributed by atoms with Crippen molar-refractivity contribution in [1.82, 2.24) is 5.32 Å². The van der Waals surface area contributed by atoms with Gasteiger partial charge in [-0.3, -0.25) is 9.59 Å². The summed E-state index contributed by atoms with van der Waals surface area (Å²) < 4.78 is 18.7. The monoisotopic (exact) mass is 279 g/mol. The summed E-state index contributed by atoms with van der Waals surface area (Å²) >= 11 is 0. The lowest BCUT2D eigenvalue weighted by Crippen LogP contribution is -2.39. The number of nitrogens with one attached hydrogen (secondary N) is 1. The molecule has 5 heteroatoms. The van der Waals surface area contributed by atoms with E-state index in [1.165, 1.54) is 18.6 Å². The van der Waals surface area contributed by atoms with Gasteiger partial charge in [0.05, 0.1) is 0 Å². The molecule has 4 nitrogen and oxygen atoms in total.